The Kier molecular flexibility index (Phi) is 4.79. The Hall–Kier alpha value is -3.90. The van der Waals surface area contributed by atoms with Gasteiger partial charge < -0.3 is 14.4 Å². The lowest BCUT2D eigenvalue weighted by molar-refractivity contribution is -0.151. The number of hydrogen-bond acceptors (Lipinski definition) is 4. The maximum atomic E-state index is 13.6. The molecule has 1 spiro atoms. The van der Waals surface area contributed by atoms with Crippen LogP contribution in [-0.2, 0) is 26.7 Å². The smallest absolute Gasteiger partial charge is 0.285 e. The minimum absolute atomic E-state index is 0.232. The average molecular weight is 426 g/mol. The van der Waals surface area contributed by atoms with Gasteiger partial charge in [-0.05, 0) is 35.9 Å². The monoisotopic (exact) mass is 426 g/mol. The van der Waals surface area contributed by atoms with Crippen LogP contribution in [0.3, 0.4) is 0 Å². The molecular formula is C26H22N2O4. The Balaban J connectivity index is 1.62. The van der Waals surface area contributed by atoms with Crippen molar-refractivity contribution in [1.29, 1.82) is 0 Å². The number of hydrogen-bond donors (Lipinski definition) is 0. The van der Waals surface area contributed by atoms with Crippen molar-refractivity contribution >= 4 is 29.3 Å². The van der Waals surface area contributed by atoms with Gasteiger partial charge in [0.25, 0.3) is 17.5 Å². The highest BCUT2D eigenvalue weighted by molar-refractivity contribution is 6.16. The summed E-state index contributed by atoms with van der Waals surface area (Å²) in [4.78, 5) is 30.3. The van der Waals surface area contributed by atoms with Crippen LogP contribution in [0.15, 0.2) is 78.9 Å². The van der Waals surface area contributed by atoms with Crippen LogP contribution >= 0.6 is 0 Å². The first-order valence-electron chi connectivity index (χ1n) is 10.3. The van der Waals surface area contributed by atoms with Crippen LogP contribution < -0.4 is 14.5 Å². The number of amides is 2. The Morgan fingerprint density at radius 1 is 1.00 bits per heavy atom. The van der Waals surface area contributed by atoms with Gasteiger partial charge in [0.15, 0.2) is 0 Å². The van der Waals surface area contributed by atoms with E-state index in [1.54, 1.807) is 25.1 Å². The van der Waals surface area contributed by atoms with Crippen molar-refractivity contribution in [2.24, 2.45) is 0 Å². The Morgan fingerprint density at radius 3 is 2.44 bits per heavy atom. The predicted octanol–water partition coefficient (Wildman–Crippen LogP) is 4.10. The summed E-state index contributed by atoms with van der Waals surface area (Å²) in [5, 5.41) is 0. The van der Waals surface area contributed by atoms with Crippen molar-refractivity contribution in [3.05, 3.63) is 95.6 Å². The van der Waals surface area contributed by atoms with Crippen LogP contribution in [0.1, 0.15) is 16.7 Å². The maximum Gasteiger partial charge on any atom is 0.285 e. The summed E-state index contributed by atoms with van der Waals surface area (Å²) in [6.45, 7) is 0.232. The van der Waals surface area contributed by atoms with Gasteiger partial charge in [0.2, 0.25) is 0 Å². The van der Waals surface area contributed by atoms with E-state index in [4.69, 9.17) is 9.47 Å². The second-order valence-corrected chi connectivity index (χ2v) is 7.72. The zero-order valence-corrected chi connectivity index (χ0v) is 17.8. The van der Waals surface area contributed by atoms with Crippen molar-refractivity contribution in [3.63, 3.8) is 0 Å². The molecule has 2 heterocycles. The first-order valence-corrected chi connectivity index (χ1v) is 10.3. The van der Waals surface area contributed by atoms with Gasteiger partial charge in [0.1, 0.15) is 5.75 Å². The molecule has 1 atom stereocenters. The Bertz CT molecular complexity index is 1230. The molecule has 0 fully saturated rings. The fourth-order valence-corrected chi connectivity index (χ4v) is 4.36. The molecule has 0 aliphatic carbocycles. The van der Waals surface area contributed by atoms with Gasteiger partial charge in [-0.15, -0.1) is 0 Å². The molecule has 3 aromatic carbocycles. The van der Waals surface area contributed by atoms with Crippen LogP contribution in [0.4, 0.5) is 11.4 Å². The van der Waals surface area contributed by atoms with Gasteiger partial charge >= 0.3 is 0 Å². The summed E-state index contributed by atoms with van der Waals surface area (Å²) in [6.07, 6.45) is 3.20. The average Bonchev–Trinajstić information content (AvgIpc) is 3.05. The number of carbonyl (C=O) groups excluding carboxylic acids is 2. The summed E-state index contributed by atoms with van der Waals surface area (Å²) in [6, 6.07) is 22.3. The highest BCUT2D eigenvalue weighted by Gasteiger charge is 2.59. The molecule has 0 unspecified atom stereocenters. The van der Waals surface area contributed by atoms with Gasteiger partial charge in [-0.1, -0.05) is 48.5 Å². The fourth-order valence-electron chi connectivity index (χ4n) is 4.36. The van der Waals surface area contributed by atoms with E-state index in [0.29, 0.717) is 11.3 Å². The largest absolute Gasteiger partial charge is 0.497 e. The molecule has 0 saturated heterocycles. The molecule has 0 radical (unpaired) electrons. The van der Waals surface area contributed by atoms with Crippen LogP contribution in [0.5, 0.6) is 5.75 Å². The fraction of sp³-hybridized carbons (Fsp3) is 0.154. The lowest BCUT2D eigenvalue weighted by Crippen LogP contribution is -2.58. The minimum Gasteiger partial charge on any atom is -0.497 e. The number of benzene rings is 3. The first-order chi connectivity index (χ1) is 15.6. The maximum absolute atomic E-state index is 13.6. The number of nitrogens with zero attached hydrogens (tertiary/aromatic N) is 2. The molecule has 0 bridgehead atoms. The Labute approximate surface area is 186 Å². The third-order valence-electron chi connectivity index (χ3n) is 5.96. The lowest BCUT2D eigenvalue weighted by Gasteiger charge is -2.43. The number of methoxy groups -OCH3 is 1. The first kappa shape index (κ1) is 20.0. The second kappa shape index (κ2) is 7.66. The van der Waals surface area contributed by atoms with E-state index in [1.807, 2.05) is 72.8 Å². The second-order valence-electron chi connectivity index (χ2n) is 7.72. The zero-order valence-electron chi connectivity index (χ0n) is 17.8. The third kappa shape index (κ3) is 2.92. The molecule has 2 amide bonds. The summed E-state index contributed by atoms with van der Waals surface area (Å²) >= 11 is 0. The van der Waals surface area contributed by atoms with Crippen LogP contribution in [0, 0.1) is 0 Å². The predicted molar refractivity (Wildman–Crippen MR) is 122 cm³/mol. The van der Waals surface area contributed by atoms with E-state index < -0.39 is 5.72 Å². The number of carbonyl (C=O) groups is 2. The van der Waals surface area contributed by atoms with Crippen molar-refractivity contribution in [2.75, 3.05) is 24.0 Å². The summed E-state index contributed by atoms with van der Waals surface area (Å²) in [7, 11) is 3.31. The van der Waals surface area contributed by atoms with E-state index >= 15 is 0 Å². The van der Waals surface area contributed by atoms with E-state index in [1.165, 1.54) is 11.0 Å². The van der Waals surface area contributed by atoms with E-state index in [0.717, 1.165) is 22.6 Å². The molecule has 0 saturated carbocycles. The van der Waals surface area contributed by atoms with Crippen LogP contribution in [0.25, 0.3) is 6.08 Å². The molecular weight excluding hydrogens is 404 g/mol. The molecule has 0 aromatic heterocycles. The van der Waals surface area contributed by atoms with Crippen molar-refractivity contribution in [3.8, 4) is 5.75 Å². The number of rotatable bonds is 3. The molecule has 32 heavy (non-hydrogen) atoms. The minimum atomic E-state index is -1.54. The van der Waals surface area contributed by atoms with Crippen LogP contribution in [0.2, 0.25) is 0 Å². The highest BCUT2D eigenvalue weighted by Crippen LogP contribution is 2.49. The Morgan fingerprint density at radius 2 is 1.69 bits per heavy atom. The topological polar surface area (TPSA) is 59.1 Å². The molecule has 6 nitrogen and oxygen atoms in total. The number of fused-ring (bicyclic) bond motifs is 3. The van der Waals surface area contributed by atoms with E-state index in [9.17, 15) is 9.59 Å². The molecule has 2 aliphatic heterocycles. The summed E-state index contributed by atoms with van der Waals surface area (Å²) < 4.78 is 11.4. The number of para-hydroxylation sites is 2. The standard InChI is InChI=1S/C26H22N2O4/c1-27-23-10-6-4-8-21(23)26(25(27)30)28(22-9-5-3-7-19(22)17-32-26)24(29)16-13-18-11-14-20(31-2)15-12-18/h3-16H,17H2,1-2H3/b16-13+/t26-/m0/s1. The lowest BCUT2D eigenvalue weighted by atomic mass is 9.97. The van der Waals surface area contributed by atoms with Gasteiger partial charge in [-0.25, -0.2) is 0 Å². The van der Waals surface area contributed by atoms with Crippen molar-refractivity contribution < 1.29 is 19.1 Å². The summed E-state index contributed by atoms with van der Waals surface area (Å²) in [5.74, 6) is 0.104. The van der Waals surface area contributed by atoms with Gasteiger partial charge in [-0.2, -0.15) is 0 Å². The number of likely N-dealkylation sites (N-methyl/N-ethyl adjacent to an activating group) is 1. The van der Waals surface area contributed by atoms with Gasteiger partial charge in [0, 0.05) is 24.3 Å². The normalized spacial score (nSPS) is 19.4. The third-order valence-corrected chi connectivity index (χ3v) is 5.96. The SMILES string of the molecule is COc1ccc(/C=C/C(=O)N2c3ccccc3CO[C@@]23C(=O)N(C)c2ccccc23)cc1. The molecule has 0 N–H and O–H groups in total. The molecule has 160 valence electrons. The molecule has 2 aliphatic rings. The number of ether oxygens (including phenoxy) is 2. The highest BCUT2D eigenvalue weighted by atomic mass is 16.5. The quantitative estimate of drug-likeness (QED) is 0.592. The van der Waals surface area contributed by atoms with Gasteiger partial charge in [0.05, 0.1) is 25.1 Å². The molecule has 5 rings (SSSR count). The molecule has 3 aromatic rings. The van der Waals surface area contributed by atoms with Crippen molar-refractivity contribution in [2.45, 2.75) is 12.3 Å². The van der Waals surface area contributed by atoms with Gasteiger partial charge in [-0.3, -0.25) is 14.5 Å². The zero-order chi connectivity index (χ0) is 22.3. The van der Waals surface area contributed by atoms with E-state index in [-0.39, 0.29) is 18.4 Å². The van der Waals surface area contributed by atoms with Crippen LogP contribution in [-0.4, -0.2) is 26.0 Å². The van der Waals surface area contributed by atoms with Crippen molar-refractivity contribution in [1.82, 2.24) is 0 Å². The number of anilines is 2. The van der Waals surface area contributed by atoms with E-state index in [2.05, 4.69) is 0 Å². The summed E-state index contributed by atoms with van der Waals surface area (Å²) in [5.41, 5.74) is 2.21. The molecule has 6 heteroatoms.